The highest BCUT2D eigenvalue weighted by Crippen LogP contribution is 2.18. The molecule has 2 amide bonds. The van der Waals surface area contributed by atoms with Crippen LogP contribution in [0.3, 0.4) is 0 Å². The number of thiocarbonyl (C=S) groups is 1. The van der Waals surface area contributed by atoms with Gasteiger partial charge in [-0.1, -0.05) is 31.2 Å². The lowest BCUT2D eigenvalue weighted by Gasteiger charge is -2.10. The van der Waals surface area contributed by atoms with E-state index in [9.17, 15) is 9.59 Å². The van der Waals surface area contributed by atoms with Crippen LogP contribution in [-0.4, -0.2) is 30.6 Å². The van der Waals surface area contributed by atoms with Crippen LogP contribution >= 0.6 is 12.2 Å². The van der Waals surface area contributed by atoms with Crippen molar-refractivity contribution >= 4 is 40.9 Å². The molecule has 3 N–H and O–H groups in total. The van der Waals surface area contributed by atoms with Crippen molar-refractivity contribution in [1.29, 1.82) is 0 Å². The fourth-order valence-corrected chi connectivity index (χ4v) is 2.58. The number of methoxy groups -OCH3 is 1. The summed E-state index contributed by atoms with van der Waals surface area (Å²) in [6.07, 6.45) is 3.89. The van der Waals surface area contributed by atoms with Gasteiger partial charge in [0.15, 0.2) is 5.11 Å². The minimum atomic E-state index is -0.375. The molecule has 0 saturated heterocycles. The Balaban J connectivity index is 1.93. The maximum atomic E-state index is 12.1. The smallest absolute Gasteiger partial charge is 0.251 e. The van der Waals surface area contributed by atoms with Gasteiger partial charge >= 0.3 is 0 Å². The van der Waals surface area contributed by atoms with Crippen LogP contribution < -0.4 is 20.7 Å². The summed E-state index contributed by atoms with van der Waals surface area (Å²) in [6, 6.07) is 14.3. The van der Waals surface area contributed by atoms with Gasteiger partial charge in [0, 0.05) is 29.4 Å². The predicted molar refractivity (Wildman–Crippen MR) is 115 cm³/mol. The summed E-state index contributed by atoms with van der Waals surface area (Å²) in [6.45, 7) is 2.60. The number of carbonyl (C=O) groups excluding carboxylic acids is 2. The van der Waals surface area contributed by atoms with Crippen LogP contribution in [-0.2, 0) is 4.79 Å². The number of hydrogen-bond donors (Lipinski definition) is 3. The van der Waals surface area contributed by atoms with E-state index in [0.717, 1.165) is 12.0 Å². The van der Waals surface area contributed by atoms with Gasteiger partial charge in [-0.15, -0.1) is 0 Å². The third kappa shape index (κ3) is 6.51. The van der Waals surface area contributed by atoms with Gasteiger partial charge in [0.25, 0.3) is 5.91 Å². The van der Waals surface area contributed by atoms with E-state index in [1.807, 2.05) is 31.2 Å². The van der Waals surface area contributed by atoms with E-state index < -0.39 is 0 Å². The Labute approximate surface area is 170 Å². The van der Waals surface area contributed by atoms with Crippen LogP contribution in [0.2, 0.25) is 0 Å². The van der Waals surface area contributed by atoms with Gasteiger partial charge in [-0.2, -0.15) is 0 Å². The van der Waals surface area contributed by atoms with Crippen molar-refractivity contribution in [3.8, 4) is 5.75 Å². The van der Waals surface area contributed by atoms with E-state index in [0.29, 0.717) is 23.5 Å². The molecule has 6 nitrogen and oxygen atoms in total. The molecular formula is C21H23N3O3S. The lowest BCUT2D eigenvalue weighted by Crippen LogP contribution is -2.33. The number of benzene rings is 2. The van der Waals surface area contributed by atoms with Gasteiger partial charge in [0.1, 0.15) is 5.75 Å². The van der Waals surface area contributed by atoms with Crippen molar-refractivity contribution in [3.05, 3.63) is 65.7 Å². The molecule has 7 heteroatoms. The van der Waals surface area contributed by atoms with Gasteiger partial charge in [-0.25, -0.2) is 0 Å². The summed E-state index contributed by atoms with van der Waals surface area (Å²) in [5, 5.41) is 8.43. The van der Waals surface area contributed by atoms with Gasteiger partial charge in [0.05, 0.1) is 7.11 Å². The highest BCUT2D eigenvalue weighted by atomic mass is 32.1. The molecule has 0 unspecified atom stereocenters. The summed E-state index contributed by atoms with van der Waals surface area (Å²) < 4.78 is 5.24. The number of anilines is 1. The Bertz CT molecular complexity index is 881. The zero-order valence-corrected chi connectivity index (χ0v) is 16.6. The summed E-state index contributed by atoms with van der Waals surface area (Å²) >= 11 is 5.17. The average Bonchev–Trinajstić information content (AvgIpc) is 2.70. The van der Waals surface area contributed by atoms with Crippen LogP contribution in [0.25, 0.3) is 6.08 Å². The summed E-state index contributed by atoms with van der Waals surface area (Å²) in [4.78, 5) is 24.1. The number of nitrogens with one attached hydrogen (secondary N) is 3. The maximum absolute atomic E-state index is 12.1. The average molecular weight is 398 g/mol. The molecule has 2 aromatic carbocycles. The molecular weight excluding hydrogens is 374 g/mol. The molecule has 0 saturated carbocycles. The monoisotopic (exact) mass is 397 g/mol. The molecule has 2 rings (SSSR count). The van der Waals surface area contributed by atoms with Crippen molar-refractivity contribution < 1.29 is 14.3 Å². The molecule has 0 aliphatic heterocycles. The molecule has 0 fully saturated rings. The second kappa shape index (κ2) is 10.8. The molecule has 2 aromatic rings. The van der Waals surface area contributed by atoms with E-state index >= 15 is 0 Å². The first-order valence-corrected chi connectivity index (χ1v) is 9.25. The number of hydrogen-bond acceptors (Lipinski definition) is 4. The highest BCUT2D eigenvalue weighted by molar-refractivity contribution is 7.80. The Morgan fingerprint density at radius 3 is 2.68 bits per heavy atom. The first-order chi connectivity index (χ1) is 13.5. The van der Waals surface area contributed by atoms with Crippen LogP contribution in [0, 0.1) is 0 Å². The molecule has 0 aliphatic carbocycles. The third-order valence-electron chi connectivity index (χ3n) is 3.71. The Morgan fingerprint density at radius 2 is 1.93 bits per heavy atom. The van der Waals surface area contributed by atoms with E-state index in [4.69, 9.17) is 17.0 Å². The number of rotatable bonds is 7. The maximum Gasteiger partial charge on any atom is 0.251 e. The highest BCUT2D eigenvalue weighted by Gasteiger charge is 2.07. The van der Waals surface area contributed by atoms with Gasteiger partial charge in [-0.05, 0) is 49.0 Å². The summed E-state index contributed by atoms with van der Waals surface area (Å²) in [7, 11) is 1.57. The number of ether oxygens (including phenoxy) is 1. The van der Waals surface area contributed by atoms with Crippen molar-refractivity contribution in [1.82, 2.24) is 10.6 Å². The minimum absolute atomic E-state index is 0.140. The standard InChI is InChI=1S/C21H23N3O3S/c1-3-13-22-20(26)16-8-6-9-17(14-16)23-21(28)24-19(25)12-11-15-7-4-5-10-18(15)27-2/h4-12,14H,3,13H2,1-2H3,(H,22,26)(H2,23,24,25,28)/b12-11+. The molecule has 0 atom stereocenters. The first kappa shape index (κ1) is 21.1. The second-order valence-electron chi connectivity index (χ2n) is 5.86. The normalized spacial score (nSPS) is 10.4. The lowest BCUT2D eigenvalue weighted by molar-refractivity contribution is -0.115. The molecule has 0 spiro atoms. The quantitative estimate of drug-likeness (QED) is 0.493. The molecule has 0 radical (unpaired) electrons. The van der Waals surface area contributed by atoms with Crippen LogP contribution in [0.4, 0.5) is 5.69 Å². The minimum Gasteiger partial charge on any atom is -0.496 e. The van der Waals surface area contributed by atoms with Gasteiger partial charge < -0.3 is 15.4 Å². The Hall–Kier alpha value is -3.19. The molecule has 0 heterocycles. The fourth-order valence-electron chi connectivity index (χ4n) is 2.36. The van der Waals surface area contributed by atoms with Gasteiger partial charge in [-0.3, -0.25) is 14.9 Å². The number of amides is 2. The van der Waals surface area contributed by atoms with E-state index in [-0.39, 0.29) is 16.9 Å². The Kier molecular flexibility index (Phi) is 8.17. The summed E-state index contributed by atoms with van der Waals surface area (Å²) in [5.41, 5.74) is 1.91. The number of carbonyl (C=O) groups is 2. The van der Waals surface area contributed by atoms with Crippen molar-refractivity contribution in [2.75, 3.05) is 19.0 Å². The van der Waals surface area contributed by atoms with Crippen molar-refractivity contribution in [2.45, 2.75) is 13.3 Å². The summed E-state index contributed by atoms with van der Waals surface area (Å²) in [5.74, 6) is 0.144. The second-order valence-corrected chi connectivity index (χ2v) is 6.26. The SMILES string of the molecule is CCCNC(=O)c1cccc(NC(=S)NC(=O)/C=C/c2ccccc2OC)c1. The molecule has 0 aromatic heterocycles. The van der Waals surface area contributed by atoms with Crippen molar-refractivity contribution in [2.24, 2.45) is 0 Å². The predicted octanol–water partition coefficient (Wildman–Crippen LogP) is 3.36. The van der Waals surface area contributed by atoms with Crippen LogP contribution in [0.1, 0.15) is 29.3 Å². The van der Waals surface area contributed by atoms with Crippen LogP contribution in [0.15, 0.2) is 54.6 Å². The van der Waals surface area contributed by atoms with E-state index in [1.165, 1.54) is 6.08 Å². The molecule has 146 valence electrons. The van der Waals surface area contributed by atoms with E-state index in [2.05, 4.69) is 16.0 Å². The zero-order chi connectivity index (χ0) is 20.4. The number of para-hydroxylation sites is 1. The zero-order valence-electron chi connectivity index (χ0n) is 15.8. The molecule has 28 heavy (non-hydrogen) atoms. The molecule has 0 aliphatic rings. The lowest BCUT2D eigenvalue weighted by atomic mass is 10.2. The van der Waals surface area contributed by atoms with E-state index in [1.54, 1.807) is 37.5 Å². The van der Waals surface area contributed by atoms with Crippen molar-refractivity contribution in [3.63, 3.8) is 0 Å². The van der Waals surface area contributed by atoms with Gasteiger partial charge in [0.2, 0.25) is 5.91 Å². The van der Waals surface area contributed by atoms with Crippen LogP contribution in [0.5, 0.6) is 5.75 Å². The Morgan fingerprint density at radius 1 is 1.14 bits per heavy atom. The topological polar surface area (TPSA) is 79.5 Å². The molecule has 0 bridgehead atoms. The fraction of sp³-hybridized carbons (Fsp3) is 0.190. The third-order valence-corrected chi connectivity index (χ3v) is 3.91. The largest absolute Gasteiger partial charge is 0.496 e. The first-order valence-electron chi connectivity index (χ1n) is 8.84.